The van der Waals surface area contributed by atoms with Crippen LogP contribution in [0.25, 0.3) is 11.1 Å². The summed E-state index contributed by atoms with van der Waals surface area (Å²) in [6.07, 6.45) is 0.259. The predicted molar refractivity (Wildman–Crippen MR) is 89.4 cm³/mol. The molecule has 1 atom stereocenters. The van der Waals surface area contributed by atoms with Gasteiger partial charge < -0.3 is 10.1 Å². The zero-order valence-electron chi connectivity index (χ0n) is 13.2. The Bertz CT molecular complexity index is 519. The lowest BCUT2D eigenvalue weighted by molar-refractivity contribution is 0.0614. The highest BCUT2D eigenvalue weighted by atomic mass is 16.5. The molecule has 0 amide bonds. The van der Waals surface area contributed by atoms with E-state index >= 15 is 0 Å². The zero-order chi connectivity index (χ0) is 15.1. The fourth-order valence-electron chi connectivity index (χ4n) is 2.35. The summed E-state index contributed by atoms with van der Waals surface area (Å²) >= 11 is 0. The first-order valence-corrected chi connectivity index (χ1v) is 7.71. The molecule has 0 heterocycles. The molecule has 2 rings (SSSR count). The summed E-state index contributed by atoms with van der Waals surface area (Å²) in [6.45, 7) is 7.91. The summed E-state index contributed by atoms with van der Waals surface area (Å²) < 4.78 is 5.76. The number of likely N-dealkylation sites (N-methyl/N-ethyl adjacent to an activating group) is 1. The lowest BCUT2D eigenvalue weighted by Crippen LogP contribution is -2.26. The average molecular weight is 283 g/mol. The van der Waals surface area contributed by atoms with Crippen molar-refractivity contribution in [3.63, 3.8) is 0 Å². The summed E-state index contributed by atoms with van der Waals surface area (Å²) in [5.41, 5.74) is 3.78. The van der Waals surface area contributed by atoms with Crippen LogP contribution in [0, 0.1) is 0 Å². The number of hydrogen-bond acceptors (Lipinski definition) is 2. The molecule has 2 nitrogen and oxygen atoms in total. The van der Waals surface area contributed by atoms with Crippen molar-refractivity contribution in [1.29, 1.82) is 0 Å². The highest BCUT2D eigenvalue weighted by Gasteiger charge is 2.11. The summed E-state index contributed by atoms with van der Waals surface area (Å²) in [6, 6.07) is 19.5. The molecule has 0 fully saturated rings. The minimum Gasteiger partial charge on any atom is -0.377 e. The third kappa shape index (κ3) is 4.69. The van der Waals surface area contributed by atoms with Gasteiger partial charge in [0.1, 0.15) is 0 Å². The molecule has 2 aromatic rings. The molecule has 2 heteroatoms. The van der Waals surface area contributed by atoms with Crippen LogP contribution in [0.4, 0.5) is 0 Å². The number of nitrogens with one attached hydrogen (secondary N) is 1. The normalized spacial score (nSPS) is 12.6. The maximum atomic E-state index is 5.76. The van der Waals surface area contributed by atoms with E-state index in [1.165, 1.54) is 16.7 Å². The maximum absolute atomic E-state index is 5.76. The summed E-state index contributed by atoms with van der Waals surface area (Å²) in [7, 11) is 0. The lowest BCUT2D eigenvalue weighted by Gasteiger charge is -2.20. The average Bonchev–Trinajstić information content (AvgIpc) is 2.52. The Labute approximate surface area is 128 Å². The minimum absolute atomic E-state index is 0.252. The maximum Gasteiger partial charge on any atom is 0.0664 e. The zero-order valence-corrected chi connectivity index (χ0v) is 13.2. The first-order valence-electron chi connectivity index (χ1n) is 7.71. The highest BCUT2D eigenvalue weighted by molar-refractivity contribution is 5.63. The molecule has 0 bridgehead atoms. The predicted octanol–water partition coefficient (Wildman–Crippen LogP) is 4.43. The Kier molecular flexibility index (Phi) is 5.97. The van der Waals surface area contributed by atoms with E-state index in [0.29, 0.717) is 6.61 Å². The Morgan fingerprint density at radius 3 is 2.10 bits per heavy atom. The van der Waals surface area contributed by atoms with Crippen LogP contribution in [0.15, 0.2) is 54.6 Å². The van der Waals surface area contributed by atoms with Crippen molar-refractivity contribution in [3.8, 4) is 11.1 Å². The second-order valence-electron chi connectivity index (χ2n) is 5.48. The van der Waals surface area contributed by atoms with Crippen LogP contribution < -0.4 is 5.32 Å². The third-order valence-electron chi connectivity index (χ3n) is 3.47. The van der Waals surface area contributed by atoms with Crippen LogP contribution in [0.2, 0.25) is 0 Å². The molecule has 2 aromatic carbocycles. The van der Waals surface area contributed by atoms with Gasteiger partial charge in [0.25, 0.3) is 0 Å². The molecule has 1 N–H and O–H groups in total. The van der Waals surface area contributed by atoms with E-state index < -0.39 is 0 Å². The van der Waals surface area contributed by atoms with E-state index in [2.05, 4.69) is 74.6 Å². The van der Waals surface area contributed by atoms with Crippen molar-refractivity contribution in [3.05, 3.63) is 60.2 Å². The van der Waals surface area contributed by atoms with Gasteiger partial charge in [-0.2, -0.15) is 0 Å². The fraction of sp³-hybridized carbons (Fsp3) is 0.368. The lowest BCUT2D eigenvalue weighted by atomic mass is 10.0. The van der Waals surface area contributed by atoms with Gasteiger partial charge >= 0.3 is 0 Å². The number of rotatable bonds is 7. The summed E-state index contributed by atoms with van der Waals surface area (Å²) in [5.74, 6) is 0. The molecule has 112 valence electrons. The topological polar surface area (TPSA) is 21.3 Å². The number of ether oxygens (including phenoxy) is 1. The fourth-order valence-corrected chi connectivity index (χ4v) is 2.35. The van der Waals surface area contributed by atoms with Gasteiger partial charge in [0.2, 0.25) is 0 Å². The molecule has 0 radical (unpaired) electrons. The Morgan fingerprint density at radius 1 is 0.905 bits per heavy atom. The van der Waals surface area contributed by atoms with Gasteiger partial charge in [0.15, 0.2) is 0 Å². The SMILES string of the molecule is CCNC(COC(C)C)c1ccc(-c2ccccc2)cc1. The molecular weight excluding hydrogens is 258 g/mol. The van der Waals surface area contributed by atoms with Crippen molar-refractivity contribution in [2.45, 2.75) is 32.9 Å². The Morgan fingerprint density at radius 2 is 1.52 bits per heavy atom. The number of benzene rings is 2. The molecule has 0 saturated carbocycles. The molecule has 0 aliphatic rings. The van der Waals surface area contributed by atoms with E-state index in [1.807, 2.05) is 6.07 Å². The van der Waals surface area contributed by atoms with Gasteiger partial charge in [-0.05, 0) is 37.1 Å². The quantitative estimate of drug-likeness (QED) is 0.811. The van der Waals surface area contributed by atoms with Crippen LogP contribution in [-0.4, -0.2) is 19.3 Å². The van der Waals surface area contributed by atoms with E-state index in [0.717, 1.165) is 6.54 Å². The van der Waals surface area contributed by atoms with Crippen LogP contribution in [0.5, 0.6) is 0 Å². The van der Waals surface area contributed by atoms with E-state index in [9.17, 15) is 0 Å². The van der Waals surface area contributed by atoms with Crippen LogP contribution in [-0.2, 0) is 4.74 Å². The molecular formula is C19H25NO. The monoisotopic (exact) mass is 283 g/mol. The summed E-state index contributed by atoms with van der Waals surface area (Å²) in [4.78, 5) is 0. The third-order valence-corrected chi connectivity index (χ3v) is 3.47. The van der Waals surface area contributed by atoms with Crippen molar-refractivity contribution in [2.24, 2.45) is 0 Å². The van der Waals surface area contributed by atoms with E-state index in [4.69, 9.17) is 4.74 Å². The van der Waals surface area contributed by atoms with Gasteiger partial charge in [0.05, 0.1) is 18.8 Å². The minimum atomic E-state index is 0.252. The first kappa shape index (κ1) is 15.7. The van der Waals surface area contributed by atoms with Gasteiger partial charge in [-0.25, -0.2) is 0 Å². The standard InChI is InChI=1S/C19H25NO/c1-4-20-19(14-21-15(2)3)18-12-10-17(11-13-18)16-8-6-5-7-9-16/h5-13,15,19-20H,4,14H2,1-3H3. The van der Waals surface area contributed by atoms with Crippen molar-refractivity contribution in [1.82, 2.24) is 5.32 Å². The Balaban J connectivity index is 2.11. The second kappa shape index (κ2) is 7.96. The van der Waals surface area contributed by atoms with Crippen LogP contribution in [0.1, 0.15) is 32.4 Å². The van der Waals surface area contributed by atoms with Gasteiger partial charge in [-0.15, -0.1) is 0 Å². The van der Waals surface area contributed by atoms with E-state index in [1.54, 1.807) is 0 Å². The molecule has 0 saturated heterocycles. The van der Waals surface area contributed by atoms with Crippen LogP contribution in [0.3, 0.4) is 0 Å². The van der Waals surface area contributed by atoms with Gasteiger partial charge in [0, 0.05) is 0 Å². The van der Waals surface area contributed by atoms with E-state index in [-0.39, 0.29) is 12.1 Å². The van der Waals surface area contributed by atoms with Crippen molar-refractivity contribution < 1.29 is 4.74 Å². The molecule has 0 spiro atoms. The smallest absolute Gasteiger partial charge is 0.0664 e. The summed E-state index contributed by atoms with van der Waals surface area (Å²) in [5, 5.41) is 3.49. The molecule has 0 aliphatic carbocycles. The van der Waals surface area contributed by atoms with Crippen molar-refractivity contribution in [2.75, 3.05) is 13.2 Å². The second-order valence-corrected chi connectivity index (χ2v) is 5.48. The van der Waals surface area contributed by atoms with Crippen molar-refractivity contribution >= 4 is 0 Å². The largest absolute Gasteiger partial charge is 0.377 e. The Hall–Kier alpha value is -1.64. The van der Waals surface area contributed by atoms with Gasteiger partial charge in [-0.3, -0.25) is 0 Å². The molecule has 1 unspecified atom stereocenters. The van der Waals surface area contributed by atoms with Gasteiger partial charge in [-0.1, -0.05) is 61.5 Å². The molecule has 0 aliphatic heterocycles. The first-order chi connectivity index (χ1) is 10.2. The molecule has 0 aromatic heterocycles. The van der Waals surface area contributed by atoms with Crippen LogP contribution >= 0.6 is 0 Å². The molecule has 21 heavy (non-hydrogen) atoms. The number of hydrogen-bond donors (Lipinski definition) is 1. The highest BCUT2D eigenvalue weighted by Crippen LogP contribution is 2.22.